The van der Waals surface area contributed by atoms with E-state index in [1.165, 1.54) is 28.7 Å². The van der Waals surface area contributed by atoms with Gasteiger partial charge in [-0.1, -0.05) is 73.3 Å². The fourth-order valence-electron chi connectivity index (χ4n) is 2.70. The number of hydrogen-bond acceptors (Lipinski definition) is 6. The highest BCUT2D eigenvalue weighted by Crippen LogP contribution is 2.26. The standard InChI is InChI=1S/C21H19N5OS2/c1-2-14-8-10-15(11-9-14)17-12-28-20(22-17)23-18(27)13-29-21-24-19(25-26-21)16-6-4-3-5-7-16/h3-12H,2,13H2,1H3,(H,22,23,27)(H,24,25,26). The first-order valence-electron chi connectivity index (χ1n) is 9.16. The summed E-state index contributed by atoms with van der Waals surface area (Å²) in [5.41, 5.74) is 4.15. The third-order valence-corrected chi connectivity index (χ3v) is 5.86. The molecule has 1 amide bonds. The minimum atomic E-state index is -0.136. The largest absolute Gasteiger partial charge is 0.301 e. The molecule has 2 aromatic carbocycles. The van der Waals surface area contributed by atoms with Gasteiger partial charge in [0.05, 0.1) is 11.4 Å². The Bertz CT molecular complexity index is 1090. The van der Waals surface area contributed by atoms with E-state index in [2.05, 4.69) is 56.7 Å². The highest BCUT2D eigenvalue weighted by molar-refractivity contribution is 7.99. The number of anilines is 1. The first-order chi connectivity index (χ1) is 14.2. The summed E-state index contributed by atoms with van der Waals surface area (Å²) in [6.07, 6.45) is 1.01. The molecule has 146 valence electrons. The molecule has 0 aliphatic carbocycles. The second-order valence-corrected chi connectivity index (χ2v) is 8.06. The monoisotopic (exact) mass is 421 g/mol. The summed E-state index contributed by atoms with van der Waals surface area (Å²) < 4.78 is 0. The molecule has 8 heteroatoms. The lowest BCUT2D eigenvalue weighted by molar-refractivity contribution is -0.113. The minimum absolute atomic E-state index is 0.136. The van der Waals surface area contributed by atoms with Crippen molar-refractivity contribution in [1.29, 1.82) is 0 Å². The number of carbonyl (C=O) groups is 1. The van der Waals surface area contributed by atoms with Crippen LogP contribution in [0.4, 0.5) is 5.13 Å². The number of rotatable bonds is 7. The molecule has 2 heterocycles. The Morgan fingerprint density at radius 1 is 1.07 bits per heavy atom. The van der Waals surface area contributed by atoms with Crippen LogP contribution in [0.1, 0.15) is 12.5 Å². The van der Waals surface area contributed by atoms with Crippen LogP contribution in [0.25, 0.3) is 22.6 Å². The van der Waals surface area contributed by atoms with Crippen LogP contribution in [0.15, 0.2) is 65.1 Å². The van der Waals surface area contributed by atoms with Crippen molar-refractivity contribution in [2.45, 2.75) is 18.5 Å². The van der Waals surface area contributed by atoms with Gasteiger partial charge in [-0.3, -0.25) is 9.89 Å². The number of aryl methyl sites for hydroxylation is 1. The van der Waals surface area contributed by atoms with Crippen molar-refractivity contribution >= 4 is 34.1 Å². The lowest BCUT2D eigenvalue weighted by Gasteiger charge is -2.00. The predicted molar refractivity (Wildman–Crippen MR) is 118 cm³/mol. The van der Waals surface area contributed by atoms with Crippen molar-refractivity contribution < 1.29 is 4.79 Å². The molecule has 2 N–H and O–H groups in total. The molecule has 4 rings (SSSR count). The molecule has 4 aromatic rings. The first-order valence-corrected chi connectivity index (χ1v) is 11.0. The predicted octanol–water partition coefficient (Wildman–Crippen LogP) is 4.89. The van der Waals surface area contributed by atoms with Gasteiger partial charge in [-0.15, -0.1) is 16.4 Å². The molecule has 0 saturated carbocycles. The average molecular weight is 422 g/mol. The van der Waals surface area contributed by atoms with Gasteiger partial charge in [0.25, 0.3) is 0 Å². The zero-order valence-electron chi connectivity index (χ0n) is 15.8. The fraction of sp³-hybridized carbons (Fsp3) is 0.143. The number of aromatic nitrogens is 4. The summed E-state index contributed by atoms with van der Waals surface area (Å²) in [6, 6.07) is 18.1. The molecule has 29 heavy (non-hydrogen) atoms. The summed E-state index contributed by atoms with van der Waals surface area (Å²) in [7, 11) is 0. The van der Waals surface area contributed by atoms with Crippen LogP contribution in [0, 0.1) is 0 Å². The Labute approximate surface area is 176 Å². The van der Waals surface area contributed by atoms with E-state index < -0.39 is 0 Å². The van der Waals surface area contributed by atoms with E-state index in [9.17, 15) is 4.79 Å². The van der Waals surface area contributed by atoms with Crippen molar-refractivity contribution in [2.75, 3.05) is 11.1 Å². The first kappa shape index (κ1) is 19.4. The molecule has 2 aromatic heterocycles. The van der Waals surface area contributed by atoms with Crippen LogP contribution in [0.3, 0.4) is 0 Å². The van der Waals surface area contributed by atoms with Crippen molar-refractivity contribution in [3.63, 3.8) is 0 Å². The Balaban J connectivity index is 1.32. The van der Waals surface area contributed by atoms with Gasteiger partial charge in [-0.05, 0) is 12.0 Å². The second kappa shape index (κ2) is 9.02. The number of nitrogens with zero attached hydrogens (tertiary/aromatic N) is 3. The van der Waals surface area contributed by atoms with E-state index in [4.69, 9.17) is 0 Å². The topological polar surface area (TPSA) is 83.6 Å². The average Bonchev–Trinajstić information content (AvgIpc) is 3.43. The van der Waals surface area contributed by atoms with Crippen molar-refractivity contribution in [3.8, 4) is 22.6 Å². The van der Waals surface area contributed by atoms with E-state index in [1.54, 1.807) is 0 Å². The van der Waals surface area contributed by atoms with Crippen molar-refractivity contribution in [1.82, 2.24) is 20.2 Å². The zero-order chi connectivity index (χ0) is 20.1. The van der Waals surface area contributed by atoms with Crippen molar-refractivity contribution in [2.24, 2.45) is 0 Å². The molecule has 0 radical (unpaired) electrons. The van der Waals surface area contributed by atoms with Crippen LogP contribution in [0.5, 0.6) is 0 Å². The molecular formula is C21H19N5OS2. The smallest absolute Gasteiger partial charge is 0.236 e. The maximum atomic E-state index is 12.3. The van der Waals surface area contributed by atoms with Crippen LogP contribution in [-0.2, 0) is 11.2 Å². The van der Waals surface area contributed by atoms with E-state index in [0.717, 1.165) is 23.2 Å². The molecule has 6 nitrogen and oxygen atoms in total. The maximum absolute atomic E-state index is 12.3. The molecule has 0 atom stereocenters. The number of carbonyl (C=O) groups excluding carboxylic acids is 1. The molecule has 0 aliphatic rings. The molecule has 0 spiro atoms. The van der Waals surface area contributed by atoms with Gasteiger partial charge in [-0.2, -0.15) is 0 Å². The van der Waals surface area contributed by atoms with Gasteiger partial charge < -0.3 is 5.32 Å². The highest BCUT2D eigenvalue weighted by atomic mass is 32.2. The van der Waals surface area contributed by atoms with E-state index >= 15 is 0 Å². The Hall–Kier alpha value is -2.97. The number of H-pyrrole nitrogens is 1. The molecule has 0 bridgehead atoms. The van der Waals surface area contributed by atoms with Crippen molar-refractivity contribution in [3.05, 3.63) is 65.5 Å². The van der Waals surface area contributed by atoms with Crippen LogP contribution >= 0.6 is 23.1 Å². The summed E-state index contributed by atoms with van der Waals surface area (Å²) in [6.45, 7) is 2.13. The Morgan fingerprint density at radius 2 is 1.86 bits per heavy atom. The lowest BCUT2D eigenvalue weighted by atomic mass is 10.1. The number of benzene rings is 2. The minimum Gasteiger partial charge on any atom is -0.301 e. The van der Waals surface area contributed by atoms with Gasteiger partial charge in [0, 0.05) is 16.5 Å². The number of nitrogens with one attached hydrogen (secondary N) is 2. The fourth-order valence-corrected chi connectivity index (χ4v) is 4.03. The van der Waals surface area contributed by atoms with Gasteiger partial charge in [-0.25, -0.2) is 9.97 Å². The molecule has 0 saturated heterocycles. The summed E-state index contributed by atoms with van der Waals surface area (Å²) in [5.74, 6) is 0.766. The summed E-state index contributed by atoms with van der Waals surface area (Å²) >= 11 is 2.70. The van der Waals surface area contributed by atoms with Crippen LogP contribution in [-0.4, -0.2) is 31.8 Å². The molecule has 0 fully saturated rings. The van der Waals surface area contributed by atoms with Gasteiger partial charge >= 0.3 is 0 Å². The third-order valence-electron chi connectivity index (χ3n) is 4.25. The normalized spacial score (nSPS) is 10.8. The summed E-state index contributed by atoms with van der Waals surface area (Å²) in [4.78, 5) is 21.2. The molecular weight excluding hydrogens is 402 g/mol. The highest BCUT2D eigenvalue weighted by Gasteiger charge is 2.11. The molecule has 0 aliphatic heterocycles. The lowest BCUT2D eigenvalue weighted by Crippen LogP contribution is -2.13. The van der Waals surface area contributed by atoms with Gasteiger partial charge in [0.2, 0.25) is 11.1 Å². The van der Waals surface area contributed by atoms with Crippen LogP contribution in [0.2, 0.25) is 0 Å². The number of thiazole rings is 1. The number of hydrogen-bond donors (Lipinski definition) is 2. The molecule has 0 unspecified atom stereocenters. The number of thioether (sulfide) groups is 1. The number of amides is 1. The summed E-state index contributed by atoms with van der Waals surface area (Å²) in [5, 5.41) is 13.0. The third kappa shape index (κ3) is 4.90. The quantitative estimate of drug-likeness (QED) is 0.415. The van der Waals surface area contributed by atoms with Gasteiger partial charge in [0.15, 0.2) is 11.0 Å². The van der Waals surface area contributed by atoms with E-state index in [0.29, 0.717) is 16.1 Å². The zero-order valence-corrected chi connectivity index (χ0v) is 17.4. The Morgan fingerprint density at radius 3 is 2.62 bits per heavy atom. The Kier molecular flexibility index (Phi) is 6.02. The van der Waals surface area contributed by atoms with E-state index in [1.807, 2.05) is 35.7 Å². The van der Waals surface area contributed by atoms with Crippen LogP contribution < -0.4 is 5.32 Å². The van der Waals surface area contributed by atoms with E-state index in [-0.39, 0.29) is 11.7 Å². The second-order valence-electron chi connectivity index (χ2n) is 6.26. The SMILES string of the molecule is CCc1ccc(-c2csc(NC(=O)CSc3n[nH]c(-c4ccccc4)n3)n2)cc1. The maximum Gasteiger partial charge on any atom is 0.236 e. The number of aromatic amines is 1. The van der Waals surface area contributed by atoms with Gasteiger partial charge in [0.1, 0.15) is 0 Å².